The normalized spacial score (nSPS) is 11.3. The van der Waals surface area contributed by atoms with Crippen molar-refractivity contribution in [1.82, 2.24) is 0 Å². The highest BCUT2D eigenvalue weighted by molar-refractivity contribution is 6.16. The van der Waals surface area contributed by atoms with Crippen molar-refractivity contribution < 1.29 is 14.3 Å². The minimum absolute atomic E-state index is 0.00910. The van der Waals surface area contributed by atoms with E-state index < -0.39 is 5.97 Å². The molecule has 0 radical (unpaired) electrons. The lowest BCUT2D eigenvalue weighted by molar-refractivity contribution is -0.137. The van der Waals surface area contributed by atoms with Crippen molar-refractivity contribution in [1.29, 1.82) is 0 Å². The fourth-order valence-corrected chi connectivity index (χ4v) is 2.16. The maximum atomic E-state index is 11.6. The van der Waals surface area contributed by atoms with Crippen LogP contribution in [0.4, 0.5) is 11.4 Å². The van der Waals surface area contributed by atoms with E-state index in [2.05, 4.69) is 4.74 Å². The Morgan fingerprint density at radius 3 is 1.83 bits per heavy atom. The first kappa shape index (κ1) is 17.2. The zero-order valence-electron chi connectivity index (χ0n) is 13.7. The van der Waals surface area contributed by atoms with Gasteiger partial charge in [-0.3, -0.25) is 4.79 Å². The first-order chi connectivity index (χ1) is 11.6. The molecule has 0 saturated heterocycles. The number of anilines is 2. The number of para-hydroxylation sites is 2. The number of benzene rings is 2. The van der Waals surface area contributed by atoms with Gasteiger partial charge in [-0.25, -0.2) is 4.79 Å². The van der Waals surface area contributed by atoms with Gasteiger partial charge in [-0.05, 0) is 43.3 Å². The molecular formula is C20H19NO3. The predicted octanol–water partition coefficient (Wildman–Crippen LogP) is 4.03. The Balaban J connectivity index is 2.35. The van der Waals surface area contributed by atoms with Gasteiger partial charge in [0.25, 0.3) is 0 Å². The Labute approximate surface area is 141 Å². The quantitative estimate of drug-likeness (QED) is 0.265. The molecule has 24 heavy (non-hydrogen) atoms. The summed E-state index contributed by atoms with van der Waals surface area (Å²) in [6, 6.07) is 19.6. The molecule has 0 aromatic heterocycles. The number of esters is 1. The van der Waals surface area contributed by atoms with Crippen molar-refractivity contribution in [3.63, 3.8) is 0 Å². The molecule has 0 spiro atoms. The van der Waals surface area contributed by atoms with Crippen LogP contribution in [-0.4, -0.2) is 18.9 Å². The van der Waals surface area contributed by atoms with Crippen molar-refractivity contribution >= 4 is 23.1 Å². The number of allylic oxidation sites excluding steroid dienone is 2. The topological polar surface area (TPSA) is 46.6 Å². The van der Waals surface area contributed by atoms with E-state index in [9.17, 15) is 9.59 Å². The molecule has 0 aliphatic rings. The number of methoxy groups -OCH3 is 1. The molecule has 0 N–H and O–H groups in total. The molecule has 4 heteroatoms. The predicted molar refractivity (Wildman–Crippen MR) is 94.9 cm³/mol. The van der Waals surface area contributed by atoms with Gasteiger partial charge in [-0.2, -0.15) is 0 Å². The molecule has 2 rings (SSSR count). The first-order valence-electron chi connectivity index (χ1n) is 7.50. The summed E-state index contributed by atoms with van der Waals surface area (Å²) in [5, 5.41) is 0. The van der Waals surface area contributed by atoms with Gasteiger partial charge in [0.05, 0.1) is 7.11 Å². The number of carbonyl (C=O) groups is 2. The fourth-order valence-electron chi connectivity index (χ4n) is 2.16. The van der Waals surface area contributed by atoms with E-state index in [1.807, 2.05) is 65.6 Å². The van der Waals surface area contributed by atoms with Crippen LogP contribution in [0.5, 0.6) is 0 Å². The lowest BCUT2D eigenvalue weighted by atomic mass is 10.1. The zero-order valence-corrected chi connectivity index (χ0v) is 13.7. The Hall–Kier alpha value is -3.14. The molecule has 2 aromatic carbocycles. The van der Waals surface area contributed by atoms with Crippen LogP contribution in [0.2, 0.25) is 0 Å². The largest absolute Gasteiger partial charge is 0.465 e. The SMILES string of the molecule is COC(=O)/C(=C/C=C/N(c1ccccc1)c1ccccc1)C(C)=O. The second-order valence-electron chi connectivity index (χ2n) is 5.01. The van der Waals surface area contributed by atoms with Gasteiger partial charge in [0.15, 0.2) is 5.78 Å². The third-order valence-corrected chi connectivity index (χ3v) is 3.35. The summed E-state index contributed by atoms with van der Waals surface area (Å²) in [6.07, 6.45) is 4.93. The van der Waals surface area contributed by atoms with E-state index in [-0.39, 0.29) is 11.4 Å². The van der Waals surface area contributed by atoms with Gasteiger partial charge < -0.3 is 9.64 Å². The minimum atomic E-state index is -0.641. The van der Waals surface area contributed by atoms with Crippen molar-refractivity contribution in [2.75, 3.05) is 12.0 Å². The smallest absolute Gasteiger partial charge is 0.341 e. The number of Topliss-reactive ketones (excluding diaryl/α,β-unsaturated/α-hetero) is 1. The summed E-state index contributed by atoms with van der Waals surface area (Å²) < 4.78 is 4.62. The van der Waals surface area contributed by atoms with E-state index >= 15 is 0 Å². The maximum Gasteiger partial charge on any atom is 0.341 e. The van der Waals surface area contributed by atoms with E-state index in [1.54, 1.807) is 12.3 Å². The molecule has 0 amide bonds. The molecule has 4 nitrogen and oxygen atoms in total. The van der Waals surface area contributed by atoms with Crippen molar-refractivity contribution in [3.8, 4) is 0 Å². The van der Waals surface area contributed by atoms with Crippen LogP contribution in [0.1, 0.15) is 6.92 Å². The van der Waals surface area contributed by atoms with Gasteiger partial charge in [0.1, 0.15) is 5.57 Å². The van der Waals surface area contributed by atoms with Gasteiger partial charge in [0.2, 0.25) is 0 Å². The Morgan fingerprint density at radius 1 is 0.917 bits per heavy atom. The standard InChI is InChI=1S/C20H19NO3/c1-16(22)19(20(23)24-2)14-9-15-21(17-10-5-3-6-11-17)18-12-7-4-8-13-18/h3-15H,1-2H3/b15-9+,19-14+. The van der Waals surface area contributed by atoms with Crippen molar-refractivity contribution in [3.05, 3.63) is 84.6 Å². The Morgan fingerprint density at radius 2 is 1.42 bits per heavy atom. The number of rotatable bonds is 6. The Kier molecular flexibility index (Phi) is 6.08. The van der Waals surface area contributed by atoms with E-state index in [0.717, 1.165) is 11.4 Å². The summed E-state index contributed by atoms with van der Waals surface area (Å²) in [5.74, 6) is -0.976. The van der Waals surface area contributed by atoms with Crippen LogP contribution in [0.15, 0.2) is 84.6 Å². The van der Waals surface area contributed by atoms with Crippen LogP contribution in [0.3, 0.4) is 0 Å². The minimum Gasteiger partial charge on any atom is -0.465 e. The molecule has 0 aliphatic carbocycles. The zero-order chi connectivity index (χ0) is 17.4. The third kappa shape index (κ3) is 4.43. The van der Waals surface area contributed by atoms with Crippen LogP contribution >= 0.6 is 0 Å². The third-order valence-electron chi connectivity index (χ3n) is 3.35. The highest BCUT2D eigenvalue weighted by Gasteiger charge is 2.13. The van der Waals surface area contributed by atoms with E-state index in [0.29, 0.717) is 0 Å². The summed E-state index contributed by atoms with van der Waals surface area (Å²) >= 11 is 0. The van der Waals surface area contributed by atoms with Gasteiger partial charge in [0, 0.05) is 17.6 Å². The first-order valence-corrected chi connectivity index (χ1v) is 7.50. The lowest BCUT2D eigenvalue weighted by Gasteiger charge is -2.20. The molecular weight excluding hydrogens is 302 g/mol. The Bertz CT molecular complexity index is 709. The molecule has 2 aromatic rings. The molecule has 0 fully saturated rings. The van der Waals surface area contributed by atoms with Gasteiger partial charge in [-0.15, -0.1) is 0 Å². The summed E-state index contributed by atoms with van der Waals surface area (Å²) in [7, 11) is 1.25. The van der Waals surface area contributed by atoms with Crippen LogP contribution in [0, 0.1) is 0 Å². The van der Waals surface area contributed by atoms with Crippen LogP contribution < -0.4 is 4.90 Å². The van der Waals surface area contributed by atoms with Gasteiger partial charge >= 0.3 is 5.97 Å². The maximum absolute atomic E-state index is 11.6. The molecule has 0 bridgehead atoms. The number of carbonyl (C=O) groups excluding carboxylic acids is 2. The van der Waals surface area contributed by atoms with Crippen LogP contribution in [0.25, 0.3) is 0 Å². The highest BCUT2D eigenvalue weighted by atomic mass is 16.5. The van der Waals surface area contributed by atoms with Crippen molar-refractivity contribution in [2.45, 2.75) is 6.92 Å². The van der Waals surface area contributed by atoms with E-state index in [1.165, 1.54) is 20.1 Å². The average Bonchev–Trinajstić information content (AvgIpc) is 2.62. The fraction of sp³-hybridized carbons (Fsp3) is 0.100. The monoisotopic (exact) mass is 321 g/mol. The number of ketones is 1. The molecule has 0 heterocycles. The van der Waals surface area contributed by atoms with Gasteiger partial charge in [-0.1, -0.05) is 36.4 Å². The summed E-state index contributed by atoms with van der Waals surface area (Å²) in [4.78, 5) is 25.1. The summed E-state index contributed by atoms with van der Waals surface area (Å²) in [5.41, 5.74) is 1.95. The second kappa shape index (κ2) is 8.48. The molecule has 122 valence electrons. The molecule has 0 atom stereocenters. The van der Waals surface area contributed by atoms with E-state index in [4.69, 9.17) is 0 Å². The lowest BCUT2D eigenvalue weighted by Crippen LogP contribution is -2.11. The second-order valence-corrected chi connectivity index (χ2v) is 5.01. The molecule has 0 aliphatic heterocycles. The van der Waals surface area contributed by atoms with Crippen LogP contribution in [-0.2, 0) is 14.3 Å². The highest BCUT2D eigenvalue weighted by Crippen LogP contribution is 2.25. The number of nitrogens with zero attached hydrogens (tertiary/aromatic N) is 1. The number of hydrogen-bond donors (Lipinski definition) is 0. The summed E-state index contributed by atoms with van der Waals surface area (Å²) in [6.45, 7) is 1.34. The van der Waals surface area contributed by atoms with Crippen molar-refractivity contribution in [2.24, 2.45) is 0 Å². The molecule has 0 unspecified atom stereocenters. The number of ether oxygens (including phenoxy) is 1. The number of hydrogen-bond acceptors (Lipinski definition) is 4. The average molecular weight is 321 g/mol. The molecule has 0 saturated carbocycles.